The number of H-pyrrole nitrogens is 1. The topological polar surface area (TPSA) is 66.5 Å². The lowest BCUT2D eigenvalue weighted by atomic mass is 9.92. The molecule has 3 rings (SSSR count). The van der Waals surface area contributed by atoms with Gasteiger partial charge in [0.1, 0.15) is 0 Å². The molecule has 0 atom stereocenters. The van der Waals surface area contributed by atoms with Gasteiger partial charge in [-0.3, -0.25) is 10.2 Å². The second-order valence-corrected chi connectivity index (χ2v) is 6.28. The van der Waals surface area contributed by atoms with Crippen LogP contribution in [0.15, 0.2) is 29.4 Å². The Bertz CT molecular complexity index is 796. The predicted octanol–water partition coefficient (Wildman–Crippen LogP) is 4.83. The summed E-state index contributed by atoms with van der Waals surface area (Å²) in [5.41, 5.74) is 6.13. The second-order valence-electron chi connectivity index (χ2n) is 5.84. The molecule has 1 aliphatic carbocycles. The van der Waals surface area contributed by atoms with Crippen molar-refractivity contribution in [3.05, 3.63) is 51.8 Å². The molecule has 1 aromatic carbocycles. The van der Waals surface area contributed by atoms with E-state index in [0.29, 0.717) is 10.7 Å². The molecule has 0 aliphatic heterocycles. The molecule has 1 amide bonds. The maximum Gasteiger partial charge on any atom is 0.437 e. The van der Waals surface area contributed by atoms with Crippen molar-refractivity contribution in [2.24, 2.45) is 5.16 Å². The van der Waals surface area contributed by atoms with E-state index in [0.717, 1.165) is 37.0 Å². The van der Waals surface area contributed by atoms with Gasteiger partial charge in [-0.05, 0) is 56.4 Å². The number of aromatic nitrogens is 1. The number of aryl methyl sites for hydroxylation is 2. The first-order chi connectivity index (χ1) is 11.6. The zero-order chi connectivity index (χ0) is 17.1. The van der Waals surface area contributed by atoms with Crippen molar-refractivity contribution >= 4 is 29.1 Å². The number of benzene rings is 1. The summed E-state index contributed by atoms with van der Waals surface area (Å²) >= 11 is 5.90. The molecule has 0 saturated carbocycles. The van der Waals surface area contributed by atoms with Crippen LogP contribution in [-0.4, -0.2) is 16.8 Å². The standard InChI is InChI=1S/C18H20ClN3O2/c1-3-14-11(2)20-15-8-5-9-16(17(14)15)22-24-18(23)21-13-7-4-6-12(19)10-13/h4,6-7,10,20H,3,5,8-9H2,1-2H3,(H,21,23). The van der Waals surface area contributed by atoms with Gasteiger partial charge in [-0.25, -0.2) is 4.79 Å². The highest BCUT2D eigenvalue weighted by atomic mass is 35.5. The highest BCUT2D eigenvalue weighted by Crippen LogP contribution is 2.28. The molecule has 1 aliphatic rings. The zero-order valence-electron chi connectivity index (χ0n) is 13.8. The van der Waals surface area contributed by atoms with Crippen molar-refractivity contribution < 1.29 is 9.63 Å². The largest absolute Gasteiger partial charge is 0.437 e. The average Bonchev–Trinajstić information content (AvgIpc) is 2.88. The SMILES string of the molecule is CCc1c(C)[nH]c2c1C(=NOC(=O)Nc1cccc(Cl)c1)CCC2. The minimum absolute atomic E-state index is 0.548. The Morgan fingerprint density at radius 1 is 1.42 bits per heavy atom. The van der Waals surface area contributed by atoms with Gasteiger partial charge in [0.25, 0.3) is 0 Å². The Morgan fingerprint density at radius 3 is 3.00 bits per heavy atom. The third-order valence-electron chi connectivity index (χ3n) is 4.19. The molecule has 0 unspecified atom stereocenters. The van der Waals surface area contributed by atoms with Crippen LogP contribution < -0.4 is 5.32 Å². The molecule has 24 heavy (non-hydrogen) atoms. The van der Waals surface area contributed by atoms with Crippen LogP contribution in [0.4, 0.5) is 10.5 Å². The number of anilines is 1. The number of rotatable bonds is 3. The smallest absolute Gasteiger partial charge is 0.362 e. The van der Waals surface area contributed by atoms with E-state index in [1.807, 2.05) is 0 Å². The Labute approximate surface area is 146 Å². The normalized spacial score (nSPS) is 15.2. The Kier molecular flexibility index (Phi) is 4.90. The molecule has 126 valence electrons. The van der Waals surface area contributed by atoms with Crippen LogP contribution in [0.1, 0.15) is 42.3 Å². The van der Waals surface area contributed by atoms with Crippen LogP contribution in [0.5, 0.6) is 0 Å². The van der Waals surface area contributed by atoms with Crippen LogP contribution in [0, 0.1) is 6.92 Å². The highest BCUT2D eigenvalue weighted by Gasteiger charge is 2.23. The Morgan fingerprint density at radius 2 is 2.25 bits per heavy atom. The van der Waals surface area contributed by atoms with E-state index in [9.17, 15) is 4.79 Å². The van der Waals surface area contributed by atoms with E-state index in [4.69, 9.17) is 16.4 Å². The number of carbonyl (C=O) groups excluding carboxylic acids is 1. The maximum absolute atomic E-state index is 11.9. The molecule has 2 N–H and O–H groups in total. The van der Waals surface area contributed by atoms with Gasteiger partial charge in [-0.15, -0.1) is 0 Å². The molecule has 0 fully saturated rings. The summed E-state index contributed by atoms with van der Waals surface area (Å²) < 4.78 is 0. The molecule has 5 nitrogen and oxygen atoms in total. The number of nitrogens with zero attached hydrogens (tertiary/aromatic N) is 1. The summed E-state index contributed by atoms with van der Waals surface area (Å²) in [5, 5.41) is 7.28. The summed E-state index contributed by atoms with van der Waals surface area (Å²) in [6.07, 6.45) is 3.10. The van der Waals surface area contributed by atoms with Crippen LogP contribution >= 0.6 is 11.6 Å². The van der Waals surface area contributed by atoms with E-state index in [-0.39, 0.29) is 0 Å². The van der Waals surface area contributed by atoms with Gasteiger partial charge in [0.05, 0.1) is 5.71 Å². The lowest BCUT2D eigenvalue weighted by Gasteiger charge is -2.15. The third kappa shape index (κ3) is 3.46. The lowest BCUT2D eigenvalue weighted by Crippen LogP contribution is -2.16. The molecule has 0 saturated heterocycles. The minimum Gasteiger partial charge on any atom is -0.362 e. The van der Waals surface area contributed by atoms with Crippen LogP contribution in [-0.2, 0) is 17.7 Å². The highest BCUT2D eigenvalue weighted by molar-refractivity contribution is 6.30. The first kappa shape index (κ1) is 16.6. The third-order valence-corrected chi connectivity index (χ3v) is 4.42. The number of nitrogens with one attached hydrogen (secondary N) is 2. The number of oxime groups is 1. The monoisotopic (exact) mass is 345 g/mol. The fourth-order valence-corrected chi connectivity index (χ4v) is 3.35. The maximum atomic E-state index is 11.9. The van der Waals surface area contributed by atoms with E-state index in [1.54, 1.807) is 24.3 Å². The van der Waals surface area contributed by atoms with Crippen molar-refractivity contribution in [2.45, 2.75) is 39.5 Å². The first-order valence-electron chi connectivity index (χ1n) is 8.09. The van der Waals surface area contributed by atoms with Crippen molar-refractivity contribution in [3.8, 4) is 0 Å². The summed E-state index contributed by atoms with van der Waals surface area (Å²) in [7, 11) is 0. The molecule has 1 heterocycles. The fraction of sp³-hybridized carbons (Fsp3) is 0.333. The number of hydrogen-bond donors (Lipinski definition) is 2. The van der Waals surface area contributed by atoms with Crippen molar-refractivity contribution in [2.75, 3.05) is 5.32 Å². The van der Waals surface area contributed by atoms with E-state index >= 15 is 0 Å². The molecule has 0 spiro atoms. The van der Waals surface area contributed by atoms with E-state index in [1.165, 1.54) is 17.0 Å². The zero-order valence-corrected chi connectivity index (χ0v) is 14.5. The van der Waals surface area contributed by atoms with Gasteiger partial charge in [0.15, 0.2) is 0 Å². The molecule has 6 heteroatoms. The van der Waals surface area contributed by atoms with Crippen molar-refractivity contribution in [1.29, 1.82) is 0 Å². The summed E-state index contributed by atoms with van der Waals surface area (Å²) in [6, 6.07) is 6.89. The van der Waals surface area contributed by atoms with Crippen LogP contribution in [0.2, 0.25) is 5.02 Å². The Balaban J connectivity index is 1.75. The quantitative estimate of drug-likeness (QED) is 0.618. The van der Waals surface area contributed by atoms with Gasteiger partial charge < -0.3 is 4.98 Å². The molecule has 2 aromatic rings. The number of aromatic amines is 1. The Hall–Kier alpha value is -2.27. The van der Waals surface area contributed by atoms with Gasteiger partial charge in [0.2, 0.25) is 0 Å². The number of carbonyl (C=O) groups is 1. The fourth-order valence-electron chi connectivity index (χ4n) is 3.16. The van der Waals surface area contributed by atoms with Crippen molar-refractivity contribution in [1.82, 2.24) is 4.98 Å². The summed E-state index contributed by atoms with van der Waals surface area (Å²) in [4.78, 5) is 20.4. The molecular weight excluding hydrogens is 326 g/mol. The molecule has 1 aromatic heterocycles. The van der Waals surface area contributed by atoms with E-state index in [2.05, 4.69) is 29.3 Å². The summed E-state index contributed by atoms with van der Waals surface area (Å²) in [6.45, 7) is 4.19. The molecule has 0 radical (unpaired) electrons. The molecular formula is C18H20ClN3O2. The number of fused-ring (bicyclic) bond motifs is 1. The average molecular weight is 346 g/mol. The predicted molar refractivity (Wildman–Crippen MR) is 95.9 cm³/mol. The van der Waals surface area contributed by atoms with Gasteiger partial charge in [0, 0.05) is 27.7 Å². The number of amides is 1. The number of hydrogen-bond acceptors (Lipinski definition) is 3. The first-order valence-corrected chi connectivity index (χ1v) is 8.47. The van der Waals surface area contributed by atoms with Gasteiger partial charge in [-0.2, -0.15) is 0 Å². The van der Waals surface area contributed by atoms with Crippen LogP contribution in [0.3, 0.4) is 0 Å². The second kappa shape index (κ2) is 7.09. The van der Waals surface area contributed by atoms with Crippen molar-refractivity contribution in [3.63, 3.8) is 0 Å². The summed E-state index contributed by atoms with van der Waals surface area (Å²) in [5.74, 6) is 0. The van der Waals surface area contributed by atoms with Crippen LogP contribution in [0.25, 0.3) is 0 Å². The molecule has 0 bridgehead atoms. The van der Waals surface area contributed by atoms with Gasteiger partial charge >= 0.3 is 6.09 Å². The number of halogens is 1. The van der Waals surface area contributed by atoms with Gasteiger partial charge in [-0.1, -0.05) is 29.7 Å². The van der Waals surface area contributed by atoms with E-state index < -0.39 is 6.09 Å². The lowest BCUT2D eigenvalue weighted by molar-refractivity contribution is 0.166. The minimum atomic E-state index is -0.623.